The number of anilines is 1. The number of carbonyl (C=O) groups excluding carboxylic acids is 2. The van der Waals surface area contributed by atoms with Crippen LogP contribution in [-0.2, 0) is 25.2 Å². The van der Waals surface area contributed by atoms with Crippen molar-refractivity contribution in [3.05, 3.63) is 89.0 Å². The Balaban J connectivity index is 1.44. The molecule has 0 spiro atoms. The van der Waals surface area contributed by atoms with Crippen LogP contribution in [0.25, 0.3) is 0 Å². The number of amides is 2. The first-order valence-corrected chi connectivity index (χ1v) is 17.8. The van der Waals surface area contributed by atoms with E-state index in [1.807, 2.05) is 26.0 Å². The minimum Gasteiger partial charge on any atom is -0.497 e. The summed E-state index contributed by atoms with van der Waals surface area (Å²) in [7, 11) is -0.778. The second-order valence-electron chi connectivity index (χ2n) is 13.1. The van der Waals surface area contributed by atoms with Gasteiger partial charge in [-0.3, -0.25) is 9.69 Å². The van der Waals surface area contributed by atoms with Gasteiger partial charge in [0.05, 0.1) is 17.7 Å². The van der Waals surface area contributed by atoms with Crippen LogP contribution in [0.4, 0.5) is 10.5 Å². The summed E-state index contributed by atoms with van der Waals surface area (Å²) in [6.45, 7) is 10.1. The summed E-state index contributed by atoms with van der Waals surface area (Å²) in [5, 5.41) is 0. The van der Waals surface area contributed by atoms with Crippen LogP contribution in [0.5, 0.6) is 5.75 Å². The monoisotopic (exact) mass is 660 g/mol. The lowest BCUT2D eigenvalue weighted by Gasteiger charge is -2.42. The molecule has 2 saturated heterocycles. The lowest BCUT2D eigenvalue weighted by Crippen LogP contribution is -2.55. The number of ether oxygens (including phenoxy) is 2. The van der Waals surface area contributed by atoms with Crippen molar-refractivity contribution < 1.29 is 27.5 Å². The number of fused-ring (bicyclic) bond motifs is 1. The maximum absolute atomic E-state index is 15.1. The third-order valence-corrected chi connectivity index (χ3v) is 11.7. The number of hydrogen-bond donors (Lipinski definition) is 0. The SMILES string of the molecule is COc1ccc2c(c1)C(OC(=O)N1CCN(C3CCN(C)CC3)CC1)(c1ccccc1C(C)C)C(=O)N2S(=O)(=O)c1ccccc1C. The molecule has 3 heterocycles. The van der Waals surface area contributed by atoms with E-state index in [0.29, 0.717) is 49.1 Å². The predicted octanol–water partition coefficient (Wildman–Crippen LogP) is 4.95. The van der Waals surface area contributed by atoms with Crippen LogP contribution in [0.2, 0.25) is 0 Å². The highest BCUT2D eigenvalue weighted by molar-refractivity contribution is 7.93. The molecule has 1 atom stereocenters. The Kier molecular flexibility index (Phi) is 9.08. The molecule has 3 aromatic rings. The minimum atomic E-state index is -4.42. The Labute approximate surface area is 277 Å². The topological polar surface area (TPSA) is 99.7 Å². The molecule has 0 bridgehead atoms. The summed E-state index contributed by atoms with van der Waals surface area (Å²) in [6, 6.07) is 19.1. The van der Waals surface area contributed by atoms with Crippen LogP contribution in [0, 0.1) is 6.92 Å². The summed E-state index contributed by atoms with van der Waals surface area (Å²) in [5.74, 6) is -0.528. The number of benzene rings is 3. The second-order valence-corrected chi connectivity index (χ2v) is 14.8. The molecule has 3 aromatic carbocycles. The first-order chi connectivity index (χ1) is 22.5. The van der Waals surface area contributed by atoms with E-state index in [2.05, 4.69) is 16.8 Å². The van der Waals surface area contributed by atoms with Crippen LogP contribution in [0.3, 0.4) is 0 Å². The predicted molar refractivity (Wildman–Crippen MR) is 180 cm³/mol. The van der Waals surface area contributed by atoms with Crippen LogP contribution < -0.4 is 9.04 Å². The third-order valence-electron chi connectivity index (χ3n) is 9.88. The molecule has 0 N–H and O–H groups in total. The molecule has 6 rings (SSSR count). The fourth-order valence-corrected chi connectivity index (χ4v) is 8.90. The van der Waals surface area contributed by atoms with Gasteiger partial charge in [0.15, 0.2) is 0 Å². The highest BCUT2D eigenvalue weighted by atomic mass is 32.2. The Morgan fingerprint density at radius 2 is 1.55 bits per heavy atom. The van der Waals surface area contributed by atoms with E-state index in [4.69, 9.17) is 9.47 Å². The Bertz CT molecular complexity index is 1760. The van der Waals surface area contributed by atoms with Crippen LogP contribution in [0.15, 0.2) is 71.6 Å². The van der Waals surface area contributed by atoms with E-state index in [1.165, 1.54) is 13.2 Å². The molecule has 47 heavy (non-hydrogen) atoms. The fraction of sp³-hybridized carbons (Fsp3) is 0.444. The summed E-state index contributed by atoms with van der Waals surface area (Å²) >= 11 is 0. The van der Waals surface area contributed by atoms with Gasteiger partial charge in [0.1, 0.15) is 5.75 Å². The molecular weight excluding hydrogens is 616 g/mol. The van der Waals surface area contributed by atoms with E-state index in [9.17, 15) is 13.2 Å². The van der Waals surface area contributed by atoms with Crippen molar-refractivity contribution in [3.8, 4) is 5.75 Å². The molecule has 0 aliphatic carbocycles. The standard InChI is InChI=1S/C36H44N4O6S/c1-25(2)29-11-7-8-12-30(29)36(46-35(42)39-22-20-38(21-23-39)27-16-18-37(4)19-17-27)31-24-28(45-5)14-15-32(31)40(34(36)41)47(43,44)33-13-9-6-10-26(33)3/h6-15,24-25,27H,16-23H2,1-5H3. The normalized spacial score (nSPS) is 21.3. The molecular formula is C36H44N4O6S. The van der Waals surface area contributed by atoms with Gasteiger partial charge in [-0.15, -0.1) is 0 Å². The summed E-state index contributed by atoms with van der Waals surface area (Å²) in [5.41, 5.74) is -0.0272. The Morgan fingerprint density at radius 1 is 0.894 bits per heavy atom. The molecule has 10 nitrogen and oxygen atoms in total. The van der Waals surface area contributed by atoms with E-state index in [-0.39, 0.29) is 22.1 Å². The van der Waals surface area contributed by atoms with Gasteiger partial charge in [-0.05, 0) is 81.2 Å². The maximum Gasteiger partial charge on any atom is 0.411 e. The van der Waals surface area contributed by atoms with Gasteiger partial charge in [0.25, 0.3) is 15.9 Å². The number of methoxy groups -OCH3 is 1. The number of piperidine rings is 1. The number of sulfonamides is 1. The van der Waals surface area contributed by atoms with Gasteiger partial charge in [0.2, 0.25) is 5.60 Å². The first kappa shape index (κ1) is 33.0. The van der Waals surface area contributed by atoms with Gasteiger partial charge >= 0.3 is 6.09 Å². The second kappa shape index (κ2) is 12.9. The lowest BCUT2D eigenvalue weighted by atomic mass is 9.81. The summed E-state index contributed by atoms with van der Waals surface area (Å²) in [6.07, 6.45) is 1.52. The first-order valence-electron chi connectivity index (χ1n) is 16.3. The van der Waals surface area contributed by atoms with Gasteiger partial charge in [-0.25, -0.2) is 13.2 Å². The molecule has 1 unspecified atom stereocenters. The molecule has 3 aliphatic heterocycles. The summed E-state index contributed by atoms with van der Waals surface area (Å²) < 4.78 is 41.7. The van der Waals surface area contributed by atoms with Crippen LogP contribution in [0.1, 0.15) is 54.9 Å². The minimum absolute atomic E-state index is 0.000539. The van der Waals surface area contributed by atoms with Crippen molar-refractivity contribution >= 4 is 27.7 Å². The third kappa shape index (κ3) is 5.78. The smallest absolute Gasteiger partial charge is 0.411 e. The van der Waals surface area contributed by atoms with E-state index >= 15 is 4.79 Å². The molecule has 3 aliphatic rings. The number of carbonyl (C=O) groups is 2. The number of nitrogens with zero attached hydrogens (tertiary/aromatic N) is 4. The highest BCUT2D eigenvalue weighted by Gasteiger charge is 2.60. The number of hydrogen-bond acceptors (Lipinski definition) is 8. The Morgan fingerprint density at radius 3 is 2.21 bits per heavy atom. The van der Waals surface area contributed by atoms with Crippen molar-refractivity contribution in [2.24, 2.45) is 0 Å². The average Bonchev–Trinajstić information content (AvgIpc) is 3.32. The Hall–Kier alpha value is -3.93. The van der Waals surface area contributed by atoms with Crippen LogP contribution >= 0.6 is 0 Å². The van der Waals surface area contributed by atoms with Gasteiger partial charge < -0.3 is 19.3 Å². The van der Waals surface area contributed by atoms with Crippen molar-refractivity contribution in [3.63, 3.8) is 0 Å². The zero-order valence-corrected chi connectivity index (χ0v) is 28.6. The van der Waals surface area contributed by atoms with Gasteiger partial charge in [-0.2, -0.15) is 4.31 Å². The van der Waals surface area contributed by atoms with E-state index in [0.717, 1.165) is 35.8 Å². The zero-order valence-electron chi connectivity index (χ0n) is 27.8. The van der Waals surface area contributed by atoms with E-state index in [1.54, 1.807) is 60.4 Å². The lowest BCUT2D eigenvalue weighted by molar-refractivity contribution is -0.132. The number of aryl methyl sites for hydroxylation is 1. The zero-order chi connectivity index (χ0) is 33.5. The molecule has 0 saturated carbocycles. The van der Waals surface area contributed by atoms with Gasteiger partial charge in [-0.1, -0.05) is 56.3 Å². The van der Waals surface area contributed by atoms with Crippen molar-refractivity contribution in [2.75, 3.05) is 57.7 Å². The number of piperazine rings is 1. The molecule has 0 radical (unpaired) electrons. The largest absolute Gasteiger partial charge is 0.497 e. The molecule has 0 aromatic heterocycles. The molecule has 2 fully saturated rings. The molecule has 11 heteroatoms. The number of rotatable bonds is 7. The highest BCUT2D eigenvalue weighted by Crippen LogP contribution is 2.52. The molecule has 2 amide bonds. The molecule has 250 valence electrons. The van der Waals surface area contributed by atoms with Crippen molar-refractivity contribution in [1.82, 2.24) is 14.7 Å². The average molecular weight is 661 g/mol. The quantitative estimate of drug-likeness (QED) is 0.351. The van der Waals surface area contributed by atoms with Crippen molar-refractivity contribution in [2.45, 2.75) is 56.1 Å². The maximum atomic E-state index is 15.1. The summed E-state index contributed by atoms with van der Waals surface area (Å²) in [4.78, 5) is 35.8. The number of likely N-dealkylation sites (tertiary alicyclic amines) is 1. The fourth-order valence-electron chi connectivity index (χ4n) is 7.21. The van der Waals surface area contributed by atoms with E-state index < -0.39 is 27.6 Å². The van der Waals surface area contributed by atoms with Gasteiger partial charge in [0, 0.05) is 43.3 Å². The van der Waals surface area contributed by atoms with Crippen molar-refractivity contribution in [1.29, 1.82) is 0 Å². The van der Waals surface area contributed by atoms with Crippen LogP contribution in [-0.4, -0.2) is 94.6 Å².